The number of nitrogens with zero attached hydrogens (tertiary/aromatic N) is 1. The molecule has 6 nitrogen and oxygen atoms in total. The average Bonchev–Trinajstić information content (AvgIpc) is 2.36. The van der Waals surface area contributed by atoms with Crippen molar-refractivity contribution in [2.75, 3.05) is 46.9 Å². The molecule has 1 heterocycles. The Kier molecular flexibility index (Phi) is 6.67. The fourth-order valence-corrected chi connectivity index (χ4v) is 1.75. The summed E-state index contributed by atoms with van der Waals surface area (Å²) in [5.74, 6) is -0.188. The lowest BCUT2D eigenvalue weighted by Crippen LogP contribution is -2.42. The summed E-state index contributed by atoms with van der Waals surface area (Å²) in [5.41, 5.74) is 0. The Bertz CT molecular complexity index is 276. The number of likely N-dealkylation sites (N-methyl/N-ethyl adjacent to an activating group) is 1. The van der Waals surface area contributed by atoms with Gasteiger partial charge < -0.3 is 20.3 Å². The summed E-state index contributed by atoms with van der Waals surface area (Å²) >= 11 is 0. The van der Waals surface area contributed by atoms with E-state index in [4.69, 9.17) is 4.74 Å². The highest BCUT2D eigenvalue weighted by Gasteiger charge is 2.21. The van der Waals surface area contributed by atoms with E-state index in [-0.39, 0.29) is 24.3 Å². The second-order valence-corrected chi connectivity index (χ2v) is 4.76. The largest absolute Gasteiger partial charge is 0.381 e. The first-order valence-electron chi connectivity index (χ1n) is 6.36. The summed E-state index contributed by atoms with van der Waals surface area (Å²) < 4.78 is 5.19. The van der Waals surface area contributed by atoms with Gasteiger partial charge in [-0.15, -0.1) is 0 Å². The van der Waals surface area contributed by atoms with Crippen molar-refractivity contribution in [1.82, 2.24) is 15.5 Å². The zero-order valence-electron chi connectivity index (χ0n) is 11.2. The number of hydrogen-bond donors (Lipinski definition) is 2. The van der Waals surface area contributed by atoms with Gasteiger partial charge in [-0.2, -0.15) is 0 Å². The van der Waals surface area contributed by atoms with Crippen LogP contribution in [0.1, 0.15) is 12.8 Å². The molecule has 1 rings (SSSR count). The first kappa shape index (κ1) is 14.9. The lowest BCUT2D eigenvalue weighted by Gasteiger charge is -2.21. The van der Waals surface area contributed by atoms with Crippen molar-refractivity contribution in [3.63, 3.8) is 0 Å². The lowest BCUT2D eigenvalue weighted by molar-refractivity contribution is -0.130. The van der Waals surface area contributed by atoms with Gasteiger partial charge in [-0.1, -0.05) is 0 Å². The molecule has 1 aliphatic heterocycles. The second kappa shape index (κ2) is 8.05. The third kappa shape index (κ3) is 5.97. The van der Waals surface area contributed by atoms with Crippen molar-refractivity contribution in [2.45, 2.75) is 12.8 Å². The van der Waals surface area contributed by atoms with Crippen molar-refractivity contribution in [3.8, 4) is 0 Å². The van der Waals surface area contributed by atoms with Gasteiger partial charge >= 0.3 is 0 Å². The van der Waals surface area contributed by atoms with E-state index in [1.54, 1.807) is 0 Å². The molecule has 1 fully saturated rings. The first-order chi connectivity index (χ1) is 8.59. The number of nitrogens with one attached hydrogen (secondary N) is 2. The van der Waals surface area contributed by atoms with Gasteiger partial charge in [0, 0.05) is 32.2 Å². The van der Waals surface area contributed by atoms with Crippen molar-refractivity contribution in [1.29, 1.82) is 0 Å². The molecule has 2 amide bonds. The molecule has 0 atom stereocenters. The van der Waals surface area contributed by atoms with Crippen molar-refractivity contribution < 1.29 is 14.3 Å². The van der Waals surface area contributed by atoms with Crippen LogP contribution in [0.2, 0.25) is 0 Å². The normalized spacial score (nSPS) is 16.6. The van der Waals surface area contributed by atoms with Gasteiger partial charge in [0.15, 0.2) is 0 Å². The van der Waals surface area contributed by atoms with E-state index < -0.39 is 0 Å². The Balaban J connectivity index is 2.11. The van der Waals surface area contributed by atoms with Gasteiger partial charge in [0.05, 0.1) is 6.54 Å². The van der Waals surface area contributed by atoms with Crippen molar-refractivity contribution in [3.05, 3.63) is 0 Å². The summed E-state index contributed by atoms with van der Waals surface area (Å²) in [4.78, 5) is 25.2. The van der Waals surface area contributed by atoms with E-state index in [0.29, 0.717) is 19.8 Å². The number of rotatable bonds is 6. The van der Waals surface area contributed by atoms with Crippen LogP contribution in [0.15, 0.2) is 0 Å². The number of carbonyl (C=O) groups is 2. The molecule has 0 aromatic heterocycles. The molecule has 18 heavy (non-hydrogen) atoms. The highest BCUT2D eigenvalue weighted by molar-refractivity contribution is 5.85. The zero-order chi connectivity index (χ0) is 13.4. The molecule has 0 saturated carbocycles. The number of ether oxygens (including phenoxy) is 1. The van der Waals surface area contributed by atoms with Crippen LogP contribution in [0.4, 0.5) is 0 Å². The number of amides is 2. The number of hydrogen-bond acceptors (Lipinski definition) is 4. The monoisotopic (exact) mass is 257 g/mol. The number of carbonyl (C=O) groups excluding carboxylic acids is 2. The van der Waals surface area contributed by atoms with Crippen LogP contribution in [-0.2, 0) is 14.3 Å². The van der Waals surface area contributed by atoms with Gasteiger partial charge in [-0.05, 0) is 26.9 Å². The van der Waals surface area contributed by atoms with E-state index in [1.807, 2.05) is 19.0 Å². The maximum Gasteiger partial charge on any atom is 0.239 e. The standard InChI is InChI=1S/C12H23N3O3/c1-15(2)6-5-13-11(16)9-14-12(17)10-3-7-18-8-4-10/h10H,3-9H2,1-2H3,(H,13,16)(H,14,17). The second-order valence-electron chi connectivity index (χ2n) is 4.76. The molecule has 1 aliphatic rings. The molecule has 0 aliphatic carbocycles. The van der Waals surface area contributed by atoms with Crippen molar-refractivity contribution >= 4 is 11.8 Å². The minimum atomic E-state index is -0.141. The molecule has 0 radical (unpaired) electrons. The van der Waals surface area contributed by atoms with E-state index in [9.17, 15) is 9.59 Å². The molecular formula is C12H23N3O3. The molecule has 2 N–H and O–H groups in total. The summed E-state index contributed by atoms with van der Waals surface area (Å²) in [5, 5.41) is 5.42. The molecule has 0 unspecified atom stereocenters. The summed E-state index contributed by atoms with van der Waals surface area (Å²) in [6, 6.07) is 0. The molecule has 0 aromatic rings. The Morgan fingerprint density at radius 2 is 1.89 bits per heavy atom. The lowest BCUT2D eigenvalue weighted by atomic mass is 9.99. The Labute approximate surface area is 108 Å². The highest BCUT2D eigenvalue weighted by atomic mass is 16.5. The third-order valence-corrected chi connectivity index (χ3v) is 2.90. The predicted octanol–water partition coefficient (Wildman–Crippen LogP) is -0.793. The fraction of sp³-hybridized carbons (Fsp3) is 0.833. The first-order valence-corrected chi connectivity index (χ1v) is 6.36. The van der Waals surface area contributed by atoms with E-state index in [1.165, 1.54) is 0 Å². The van der Waals surface area contributed by atoms with Gasteiger partial charge in [0.25, 0.3) is 0 Å². The van der Waals surface area contributed by atoms with Crippen LogP contribution >= 0.6 is 0 Å². The zero-order valence-corrected chi connectivity index (χ0v) is 11.2. The average molecular weight is 257 g/mol. The third-order valence-electron chi connectivity index (χ3n) is 2.90. The fourth-order valence-electron chi connectivity index (χ4n) is 1.75. The SMILES string of the molecule is CN(C)CCNC(=O)CNC(=O)C1CCOCC1. The maximum absolute atomic E-state index is 11.7. The van der Waals surface area contributed by atoms with E-state index in [0.717, 1.165) is 19.4 Å². The Morgan fingerprint density at radius 3 is 2.50 bits per heavy atom. The Hall–Kier alpha value is -1.14. The molecule has 6 heteroatoms. The Morgan fingerprint density at radius 1 is 1.22 bits per heavy atom. The van der Waals surface area contributed by atoms with E-state index >= 15 is 0 Å². The minimum Gasteiger partial charge on any atom is -0.381 e. The van der Waals surface area contributed by atoms with Crippen molar-refractivity contribution in [2.24, 2.45) is 5.92 Å². The van der Waals surface area contributed by atoms with Gasteiger partial charge in [0.1, 0.15) is 0 Å². The smallest absolute Gasteiger partial charge is 0.239 e. The van der Waals surface area contributed by atoms with Crippen LogP contribution in [0.25, 0.3) is 0 Å². The summed E-state index contributed by atoms with van der Waals surface area (Å²) in [6.07, 6.45) is 1.49. The van der Waals surface area contributed by atoms with Gasteiger partial charge in [-0.25, -0.2) is 0 Å². The molecule has 0 aromatic carbocycles. The molecule has 0 spiro atoms. The van der Waals surface area contributed by atoms with Crippen LogP contribution in [0, 0.1) is 5.92 Å². The van der Waals surface area contributed by atoms with Gasteiger partial charge in [0.2, 0.25) is 11.8 Å². The quantitative estimate of drug-likeness (QED) is 0.654. The topological polar surface area (TPSA) is 70.7 Å². The molecule has 1 saturated heterocycles. The molecule has 104 valence electrons. The van der Waals surface area contributed by atoms with Crippen LogP contribution in [0.5, 0.6) is 0 Å². The molecule has 0 bridgehead atoms. The van der Waals surface area contributed by atoms with Gasteiger partial charge in [-0.3, -0.25) is 9.59 Å². The minimum absolute atomic E-state index is 0.00618. The summed E-state index contributed by atoms with van der Waals surface area (Å²) in [7, 11) is 3.89. The highest BCUT2D eigenvalue weighted by Crippen LogP contribution is 2.14. The van der Waals surface area contributed by atoms with Crippen LogP contribution in [0.3, 0.4) is 0 Å². The summed E-state index contributed by atoms with van der Waals surface area (Å²) in [6.45, 7) is 2.71. The van der Waals surface area contributed by atoms with E-state index in [2.05, 4.69) is 10.6 Å². The maximum atomic E-state index is 11.7. The van der Waals surface area contributed by atoms with Crippen LogP contribution < -0.4 is 10.6 Å². The molecular weight excluding hydrogens is 234 g/mol. The predicted molar refractivity (Wildman–Crippen MR) is 68.1 cm³/mol. The van der Waals surface area contributed by atoms with Crippen LogP contribution in [-0.4, -0.2) is 63.7 Å².